The van der Waals surface area contributed by atoms with Crippen LogP contribution >= 0.6 is 0 Å². The predicted molar refractivity (Wildman–Crippen MR) is 76.8 cm³/mol. The topological polar surface area (TPSA) is 52.6 Å². The highest BCUT2D eigenvalue weighted by Gasteiger charge is 2.28. The number of likely N-dealkylation sites (N-methyl/N-ethyl adjacent to an activating group) is 1. The summed E-state index contributed by atoms with van der Waals surface area (Å²) >= 11 is 0. The number of hydrogen-bond donors (Lipinski definition) is 2. The van der Waals surface area contributed by atoms with Gasteiger partial charge in [0.15, 0.2) is 0 Å². The highest BCUT2D eigenvalue weighted by atomic mass is 19.1. The third kappa shape index (κ3) is 4.49. The van der Waals surface area contributed by atoms with E-state index in [1.165, 1.54) is 17.0 Å². The van der Waals surface area contributed by atoms with E-state index in [0.29, 0.717) is 0 Å². The lowest BCUT2D eigenvalue weighted by atomic mass is 9.82. The number of carbonyl (C=O) groups excluding carboxylic acids is 1. The molecule has 4 nitrogen and oxygen atoms in total. The van der Waals surface area contributed by atoms with Gasteiger partial charge in [-0.3, -0.25) is 0 Å². The van der Waals surface area contributed by atoms with Gasteiger partial charge in [-0.05, 0) is 23.1 Å². The zero-order valence-corrected chi connectivity index (χ0v) is 12.5. The molecule has 0 aliphatic carbocycles. The Morgan fingerprint density at radius 3 is 2.60 bits per heavy atom. The Bertz CT molecular complexity index is 457. The molecule has 20 heavy (non-hydrogen) atoms. The molecule has 112 valence electrons. The fraction of sp³-hybridized carbons (Fsp3) is 0.533. The maximum Gasteiger partial charge on any atom is 0.317 e. The number of halogens is 1. The number of amides is 2. The summed E-state index contributed by atoms with van der Waals surface area (Å²) in [4.78, 5) is 13.5. The molecule has 0 radical (unpaired) electrons. The van der Waals surface area contributed by atoms with Crippen LogP contribution in [0.3, 0.4) is 0 Å². The van der Waals surface area contributed by atoms with E-state index in [1.807, 2.05) is 20.8 Å². The molecule has 2 amide bonds. The lowest BCUT2D eigenvalue weighted by Gasteiger charge is -2.33. The summed E-state index contributed by atoms with van der Waals surface area (Å²) in [5, 5.41) is 11.8. The molecule has 1 rings (SSSR count). The van der Waals surface area contributed by atoms with Gasteiger partial charge in [-0.25, -0.2) is 9.18 Å². The quantitative estimate of drug-likeness (QED) is 0.891. The van der Waals surface area contributed by atoms with Gasteiger partial charge in [-0.1, -0.05) is 32.9 Å². The van der Waals surface area contributed by atoms with Crippen LogP contribution in [0.4, 0.5) is 9.18 Å². The average Bonchev–Trinajstić information content (AvgIpc) is 2.34. The van der Waals surface area contributed by atoms with Crippen molar-refractivity contribution in [1.29, 1.82) is 0 Å². The Labute approximate surface area is 119 Å². The van der Waals surface area contributed by atoms with Crippen LogP contribution < -0.4 is 5.32 Å². The minimum absolute atomic E-state index is 0.0932. The summed E-state index contributed by atoms with van der Waals surface area (Å²) in [6.07, 6.45) is 0. The van der Waals surface area contributed by atoms with Gasteiger partial charge >= 0.3 is 6.03 Å². The number of rotatable bonds is 4. The van der Waals surface area contributed by atoms with Crippen molar-refractivity contribution in [3.05, 3.63) is 35.6 Å². The molecule has 1 aromatic rings. The summed E-state index contributed by atoms with van der Waals surface area (Å²) < 4.78 is 13.4. The molecule has 5 heteroatoms. The standard InChI is InChI=1S/C15H23FN2O2/c1-15(2,3)13(11-6-5-7-12(16)10-11)17-14(20)18(4)8-9-19/h5-7,10,13,19H,8-9H2,1-4H3,(H,17,20). The monoisotopic (exact) mass is 282 g/mol. The zero-order chi connectivity index (χ0) is 15.3. The van der Waals surface area contributed by atoms with Crippen molar-refractivity contribution >= 4 is 6.03 Å². The molecule has 0 fully saturated rings. The van der Waals surface area contributed by atoms with Gasteiger partial charge in [0, 0.05) is 13.6 Å². The van der Waals surface area contributed by atoms with E-state index < -0.39 is 0 Å². The molecular weight excluding hydrogens is 259 g/mol. The molecule has 0 spiro atoms. The second kappa shape index (κ2) is 6.70. The smallest absolute Gasteiger partial charge is 0.317 e. The number of benzene rings is 1. The number of nitrogens with one attached hydrogen (secondary N) is 1. The first-order valence-corrected chi connectivity index (χ1v) is 6.63. The van der Waals surface area contributed by atoms with Crippen LogP contribution in [-0.2, 0) is 0 Å². The minimum atomic E-state index is -0.324. The fourth-order valence-electron chi connectivity index (χ4n) is 1.97. The second-order valence-corrected chi connectivity index (χ2v) is 5.95. The van der Waals surface area contributed by atoms with E-state index in [-0.39, 0.29) is 36.5 Å². The van der Waals surface area contributed by atoms with E-state index in [0.717, 1.165) is 5.56 Å². The molecule has 1 atom stereocenters. The van der Waals surface area contributed by atoms with Crippen molar-refractivity contribution < 1.29 is 14.3 Å². The SMILES string of the molecule is CN(CCO)C(=O)NC(c1cccc(F)c1)C(C)(C)C. The van der Waals surface area contributed by atoms with Crippen LogP contribution in [0, 0.1) is 11.2 Å². The Hall–Kier alpha value is -1.62. The highest BCUT2D eigenvalue weighted by molar-refractivity contribution is 5.74. The fourth-order valence-corrected chi connectivity index (χ4v) is 1.97. The molecule has 0 saturated heterocycles. The lowest BCUT2D eigenvalue weighted by molar-refractivity contribution is 0.175. The molecule has 0 aliphatic heterocycles. The maximum atomic E-state index is 13.4. The van der Waals surface area contributed by atoms with Crippen molar-refractivity contribution in [3.63, 3.8) is 0 Å². The summed E-state index contributed by atoms with van der Waals surface area (Å²) in [5.41, 5.74) is 0.465. The third-order valence-electron chi connectivity index (χ3n) is 3.10. The number of aliphatic hydroxyl groups excluding tert-OH is 1. The first-order valence-electron chi connectivity index (χ1n) is 6.63. The van der Waals surface area contributed by atoms with Crippen molar-refractivity contribution in [3.8, 4) is 0 Å². The molecule has 1 unspecified atom stereocenters. The predicted octanol–water partition coefficient (Wildman–Crippen LogP) is 2.55. The van der Waals surface area contributed by atoms with E-state index in [2.05, 4.69) is 5.32 Å². The molecule has 0 saturated carbocycles. The Morgan fingerprint density at radius 2 is 2.10 bits per heavy atom. The van der Waals surface area contributed by atoms with Crippen molar-refractivity contribution in [1.82, 2.24) is 10.2 Å². The summed E-state index contributed by atoms with van der Waals surface area (Å²) in [6, 6.07) is 5.64. The maximum absolute atomic E-state index is 13.4. The molecule has 1 aromatic carbocycles. The van der Waals surface area contributed by atoms with Crippen LogP contribution in [-0.4, -0.2) is 36.2 Å². The summed E-state index contributed by atoms with van der Waals surface area (Å²) in [6.45, 7) is 6.11. The van der Waals surface area contributed by atoms with Gasteiger partial charge in [0.25, 0.3) is 0 Å². The van der Waals surface area contributed by atoms with Crippen LogP contribution in [0.2, 0.25) is 0 Å². The molecule has 0 bridgehead atoms. The van der Waals surface area contributed by atoms with Gasteiger partial charge in [-0.2, -0.15) is 0 Å². The molecule has 2 N–H and O–H groups in total. The van der Waals surface area contributed by atoms with Crippen molar-refractivity contribution in [2.24, 2.45) is 5.41 Å². The lowest BCUT2D eigenvalue weighted by Crippen LogP contribution is -2.44. The molecule has 0 aromatic heterocycles. The number of carbonyl (C=O) groups is 1. The first-order chi connectivity index (χ1) is 9.25. The second-order valence-electron chi connectivity index (χ2n) is 5.95. The first kappa shape index (κ1) is 16.4. The number of aliphatic hydroxyl groups is 1. The Morgan fingerprint density at radius 1 is 1.45 bits per heavy atom. The van der Waals surface area contributed by atoms with Gasteiger partial charge in [0.05, 0.1) is 12.6 Å². The Balaban J connectivity index is 2.95. The van der Waals surface area contributed by atoms with E-state index in [4.69, 9.17) is 5.11 Å². The van der Waals surface area contributed by atoms with Gasteiger partial charge < -0.3 is 15.3 Å². The van der Waals surface area contributed by atoms with Crippen LogP contribution in [0.1, 0.15) is 32.4 Å². The number of urea groups is 1. The third-order valence-corrected chi connectivity index (χ3v) is 3.10. The molecule has 0 heterocycles. The van der Waals surface area contributed by atoms with E-state index in [9.17, 15) is 9.18 Å². The normalized spacial score (nSPS) is 12.9. The van der Waals surface area contributed by atoms with Gasteiger partial charge in [0.1, 0.15) is 5.82 Å². The minimum Gasteiger partial charge on any atom is -0.395 e. The molecule has 0 aliphatic rings. The van der Waals surface area contributed by atoms with Crippen molar-refractivity contribution in [2.45, 2.75) is 26.8 Å². The van der Waals surface area contributed by atoms with Crippen LogP contribution in [0.25, 0.3) is 0 Å². The van der Waals surface area contributed by atoms with Gasteiger partial charge in [-0.15, -0.1) is 0 Å². The van der Waals surface area contributed by atoms with Gasteiger partial charge in [0.2, 0.25) is 0 Å². The highest BCUT2D eigenvalue weighted by Crippen LogP contribution is 2.33. The average molecular weight is 282 g/mol. The largest absolute Gasteiger partial charge is 0.395 e. The number of hydrogen-bond acceptors (Lipinski definition) is 2. The van der Waals surface area contributed by atoms with Crippen molar-refractivity contribution in [2.75, 3.05) is 20.2 Å². The Kier molecular flexibility index (Phi) is 5.51. The van der Waals surface area contributed by atoms with E-state index >= 15 is 0 Å². The van der Waals surface area contributed by atoms with E-state index in [1.54, 1.807) is 19.2 Å². The molecular formula is C15H23FN2O2. The zero-order valence-electron chi connectivity index (χ0n) is 12.5. The van der Waals surface area contributed by atoms with Crippen LogP contribution in [0.5, 0.6) is 0 Å². The number of nitrogens with zero attached hydrogens (tertiary/aromatic N) is 1. The summed E-state index contributed by atoms with van der Waals surface area (Å²) in [5.74, 6) is -0.324. The van der Waals surface area contributed by atoms with Crippen LogP contribution in [0.15, 0.2) is 24.3 Å². The summed E-state index contributed by atoms with van der Waals surface area (Å²) in [7, 11) is 1.61.